The maximum Gasteiger partial charge on any atom is 0.416 e. The molecule has 0 saturated heterocycles. The zero-order valence-corrected chi connectivity index (χ0v) is 24.8. The lowest BCUT2D eigenvalue weighted by Crippen LogP contribution is -2.34. The van der Waals surface area contributed by atoms with Gasteiger partial charge in [0.05, 0.1) is 29.4 Å². The number of alkyl halides is 3. The second-order valence-electron chi connectivity index (χ2n) is 10.2. The molecule has 0 aliphatic heterocycles. The van der Waals surface area contributed by atoms with E-state index in [-0.39, 0.29) is 28.5 Å². The van der Waals surface area contributed by atoms with Crippen LogP contribution in [0.2, 0.25) is 0 Å². The Labute approximate surface area is 259 Å². The predicted octanol–water partition coefficient (Wildman–Crippen LogP) is 8.01. The Kier molecular flexibility index (Phi) is 9.23. The van der Waals surface area contributed by atoms with Crippen LogP contribution in [0.25, 0.3) is 15.8 Å². The first-order valence-corrected chi connectivity index (χ1v) is 14.7. The maximum atomic E-state index is 13.7. The number of ether oxygens (including phenoxy) is 1. The Morgan fingerprint density at radius 1 is 1.11 bits per heavy atom. The summed E-state index contributed by atoms with van der Waals surface area (Å²) in [6.07, 6.45) is 1.92. The van der Waals surface area contributed by atoms with E-state index >= 15 is 0 Å². The molecule has 0 bridgehead atoms. The van der Waals surface area contributed by atoms with E-state index in [9.17, 15) is 22.8 Å². The van der Waals surface area contributed by atoms with Gasteiger partial charge in [-0.2, -0.15) is 18.2 Å². The van der Waals surface area contributed by atoms with E-state index in [1.807, 2.05) is 24.3 Å². The molecule has 3 aromatic carbocycles. The molecule has 4 N–H and O–H groups in total. The quantitative estimate of drug-likeness (QED) is 0.107. The average molecular weight is 636 g/mol. The molecule has 45 heavy (non-hydrogen) atoms. The number of nitrogens with two attached hydrogens (primary N) is 1. The van der Waals surface area contributed by atoms with Gasteiger partial charge in [0.25, 0.3) is 5.91 Å². The first-order valence-electron chi connectivity index (χ1n) is 13.8. The molecular formula is C31H28F3N7O3S. The van der Waals surface area contributed by atoms with E-state index in [1.165, 1.54) is 29.7 Å². The summed E-state index contributed by atoms with van der Waals surface area (Å²) in [5, 5.41) is 5.74. The van der Waals surface area contributed by atoms with Crippen molar-refractivity contribution in [2.75, 3.05) is 17.3 Å². The fourth-order valence-corrected chi connectivity index (χ4v) is 5.82. The van der Waals surface area contributed by atoms with E-state index in [0.29, 0.717) is 16.0 Å². The fourth-order valence-electron chi connectivity index (χ4n) is 4.89. The highest BCUT2D eigenvalue weighted by molar-refractivity contribution is 7.22. The standard InChI is InChI=1S/C31H28F3N7O3S/c1-44-25-16-22(31(32,33)34)15-24-26(25)45-29(37-24)39-30(43)41(23-13-11-20(12-14-23)19-5-3-2-4-6-19)17-18-7-9-21(10-8-18)27(42)38-28(35)40-36/h5,7-16,36H,2-4,6,17H2,1H3,(H2,35,38,42)(H,37,39,43). The van der Waals surface area contributed by atoms with E-state index in [1.54, 1.807) is 12.1 Å². The number of amides is 3. The molecule has 0 radical (unpaired) electrons. The van der Waals surface area contributed by atoms with Crippen LogP contribution in [0.4, 0.5) is 28.8 Å². The van der Waals surface area contributed by atoms with Crippen LogP contribution in [-0.2, 0) is 12.7 Å². The van der Waals surface area contributed by atoms with Crippen molar-refractivity contribution in [3.63, 3.8) is 0 Å². The van der Waals surface area contributed by atoms with Gasteiger partial charge in [0.15, 0.2) is 5.13 Å². The number of guanidine groups is 1. The lowest BCUT2D eigenvalue weighted by molar-refractivity contribution is -0.137. The van der Waals surface area contributed by atoms with Crippen molar-refractivity contribution in [2.45, 2.75) is 38.4 Å². The van der Waals surface area contributed by atoms with Gasteiger partial charge in [-0.15, -0.1) is 5.11 Å². The summed E-state index contributed by atoms with van der Waals surface area (Å²) in [7, 11) is 1.27. The summed E-state index contributed by atoms with van der Waals surface area (Å²) < 4.78 is 45.9. The fraction of sp³-hybridized carbons (Fsp3) is 0.226. The molecule has 14 heteroatoms. The van der Waals surface area contributed by atoms with Gasteiger partial charge in [-0.1, -0.05) is 41.7 Å². The number of halogens is 3. The van der Waals surface area contributed by atoms with Crippen molar-refractivity contribution in [3.8, 4) is 5.75 Å². The number of anilines is 2. The number of carbonyl (C=O) groups excluding carboxylic acids is 2. The van der Waals surface area contributed by atoms with E-state index < -0.39 is 29.6 Å². The Hall–Kier alpha value is -5.11. The number of methoxy groups -OCH3 is 1. The van der Waals surface area contributed by atoms with Gasteiger partial charge >= 0.3 is 12.2 Å². The van der Waals surface area contributed by atoms with Crippen LogP contribution in [-0.4, -0.2) is 30.0 Å². The number of carbonyl (C=O) groups is 2. The molecule has 5 rings (SSSR count). The van der Waals surface area contributed by atoms with E-state index in [4.69, 9.17) is 16.0 Å². The number of aromatic nitrogens is 1. The van der Waals surface area contributed by atoms with Crippen LogP contribution >= 0.6 is 11.3 Å². The first-order chi connectivity index (χ1) is 21.5. The normalized spacial score (nSPS) is 13.7. The zero-order chi connectivity index (χ0) is 32.1. The third kappa shape index (κ3) is 7.34. The molecule has 232 valence electrons. The molecule has 0 spiro atoms. The number of nitrogens with one attached hydrogen (secondary N) is 2. The van der Waals surface area contributed by atoms with Crippen LogP contribution in [0.15, 0.2) is 76.8 Å². The molecule has 1 heterocycles. The van der Waals surface area contributed by atoms with Gasteiger partial charge in [-0.05, 0) is 78.8 Å². The lowest BCUT2D eigenvalue weighted by atomic mass is 9.93. The molecule has 1 aliphatic carbocycles. The highest BCUT2D eigenvalue weighted by Gasteiger charge is 2.32. The SMILES string of the molecule is COc1cc(C(F)(F)F)cc2nc(NC(=O)N(Cc3ccc(C(=O)N=C(N)N=N)cc3)c3ccc(C4=CCCCC4)cc3)sc12. The van der Waals surface area contributed by atoms with Gasteiger partial charge in [-0.3, -0.25) is 15.0 Å². The van der Waals surface area contributed by atoms with Gasteiger partial charge < -0.3 is 10.5 Å². The Morgan fingerprint density at radius 3 is 2.47 bits per heavy atom. The van der Waals surface area contributed by atoms with Crippen molar-refractivity contribution < 1.29 is 27.5 Å². The summed E-state index contributed by atoms with van der Waals surface area (Å²) in [4.78, 5) is 35.2. The number of allylic oxidation sites excluding steroid dienone is 2. The first kappa shape index (κ1) is 31.3. The molecule has 0 unspecified atom stereocenters. The Bertz CT molecular complexity index is 1800. The molecule has 1 aromatic heterocycles. The zero-order valence-electron chi connectivity index (χ0n) is 24.0. The van der Waals surface area contributed by atoms with Crippen LogP contribution in [0.5, 0.6) is 5.75 Å². The van der Waals surface area contributed by atoms with Crippen LogP contribution < -0.4 is 20.7 Å². The molecule has 0 saturated carbocycles. The molecule has 10 nitrogen and oxygen atoms in total. The second kappa shape index (κ2) is 13.3. The van der Waals surface area contributed by atoms with E-state index in [2.05, 4.69) is 26.5 Å². The number of aliphatic imine (C=N–C) groups is 1. The largest absolute Gasteiger partial charge is 0.495 e. The topological polar surface area (TPSA) is 146 Å². The van der Waals surface area contributed by atoms with Crippen LogP contribution in [0, 0.1) is 5.53 Å². The average Bonchev–Trinajstić information content (AvgIpc) is 3.45. The second-order valence-corrected chi connectivity index (χ2v) is 11.2. The molecular weight excluding hydrogens is 607 g/mol. The smallest absolute Gasteiger partial charge is 0.416 e. The van der Waals surface area contributed by atoms with Gasteiger partial charge in [0, 0.05) is 11.3 Å². The van der Waals surface area contributed by atoms with Crippen molar-refractivity contribution in [1.82, 2.24) is 4.98 Å². The number of hydrogen-bond acceptors (Lipinski definition) is 6. The highest BCUT2D eigenvalue weighted by atomic mass is 32.1. The van der Waals surface area contributed by atoms with Crippen molar-refractivity contribution in [2.24, 2.45) is 15.8 Å². The summed E-state index contributed by atoms with van der Waals surface area (Å²) >= 11 is 0.997. The number of hydrogen-bond donors (Lipinski definition) is 3. The molecule has 0 fully saturated rings. The minimum absolute atomic E-state index is 0.000545. The number of benzene rings is 3. The Morgan fingerprint density at radius 2 is 1.84 bits per heavy atom. The minimum Gasteiger partial charge on any atom is -0.495 e. The summed E-state index contributed by atoms with van der Waals surface area (Å²) in [6.45, 7) is 0.0856. The van der Waals surface area contributed by atoms with Gasteiger partial charge in [0.1, 0.15) is 5.75 Å². The number of nitrogens with zero attached hydrogens (tertiary/aromatic N) is 4. The molecule has 3 amide bonds. The number of rotatable bonds is 7. The number of urea groups is 1. The monoisotopic (exact) mass is 635 g/mol. The molecule has 1 aliphatic rings. The third-order valence-corrected chi connectivity index (χ3v) is 8.18. The third-order valence-electron chi connectivity index (χ3n) is 7.18. The van der Waals surface area contributed by atoms with Crippen molar-refractivity contribution in [1.29, 1.82) is 5.53 Å². The Balaban J connectivity index is 1.44. The summed E-state index contributed by atoms with van der Waals surface area (Å²) in [6, 6.07) is 15.2. The van der Waals surface area contributed by atoms with E-state index in [0.717, 1.165) is 54.7 Å². The van der Waals surface area contributed by atoms with Crippen molar-refractivity contribution in [3.05, 3.63) is 89.0 Å². The van der Waals surface area contributed by atoms with Gasteiger partial charge in [0.2, 0.25) is 5.96 Å². The minimum atomic E-state index is -4.60. The summed E-state index contributed by atoms with van der Waals surface area (Å²) in [5.41, 5.74) is 15.1. The summed E-state index contributed by atoms with van der Waals surface area (Å²) in [5.74, 6) is -1.14. The molecule has 0 atom stereocenters. The van der Waals surface area contributed by atoms with Crippen LogP contribution in [0.3, 0.4) is 0 Å². The predicted molar refractivity (Wildman–Crippen MR) is 167 cm³/mol. The highest BCUT2D eigenvalue weighted by Crippen LogP contribution is 2.40. The maximum absolute atomic E-state index is 13.7. The number of fused-ring (bicyclic) bond motifs is 1. The van der Waals surface area contributed by atoms with Crippen molar-refractivity contribution >= 4 is 55.8 Å². The van der Waals surface area contributed by atoms with Gasteiger partial charge in [-0.25, -0.2) is 15.3 Å². The lowest BCUT2D eigenvalue weighted by Gasteiger charge is -2.23. The molecule has 4 aromatic rings. The van der Waals surface area contributed by atoms with Crippen LogP contribution in [0.1, 0.15) is 52.7 Å². The number of thiazole rings is 1.